The first-order valence-electron chi connectivity index (χ1n) is 20.2. The van der Waals surface area contributed by atoms with Crippen LogP contribution in [0.4, 0.5) is 0 Å². The van der Waals surface area contributed by atoms with Crippen molar-refractivity contribution in [3.05, 3.63) is 0 Å². The van der Waals surface area contributed by atoms with Gasteiger partial charge in [-0.05, 0) is 123 Å². The van der Waals surface area contributed by atoms with Crippen LogP contribution in [0.3, 0.4) is 0 Å². The van der Waals surface area contributed by atoms with Crippen LogP contribution >= 0.6 is 43.2 Å². The van der Waals surface area contributed by atoms with E-state index in [4.69, 9.17) is 16.2 Å². The molecule has 1 atom stereocenters. The summed E-state index contributed by atoms with van der Waals surface area (Å²) in [6.07, 6.45) is 12.9. The third kappa shape index (κ3) is 42.4. The van der Waals surface area contributed by atoms with E-state index >= 15 is 0 Å². The summed E-state index contributed by atoms with van der Waals surface area (Å²) in [5, 5.41) is 25.3. The molecule has 0 fully saturated rings. The van der Waals surface area contributed by atoms with Crippen molar-refractivity contribution < 1.29 is 23.9 Å². The van der Waals surface area contributed by atoms with E-state index in [2.05, 4.69) is 42.5 Å². The van der Waals surface area contributed by atoms with Crippen molar-refractivity contribution in [1.82, 2.24) is 42.5 Å². The van der Waals surface area contributed by atoms with Gasteiger partial charge in [0.2, 0.25) is 23.6 Å². The molecule has 1 unspecified atom stereocenters. The molecule has 0 radical (unpaired) electrons. The molecular weight excluding hydrogens is 781 g/mol. The number of rotatable bonds is 43. The maximum absolute atomic E-state index is 12.4. The van der Waals surface area contributed by atoms with Gasteiger partial charge in [0.15, 0.2) is 0 Å². The fourth-order valence-electron chi connectivity index (χ4n) is 4.88. The zero-order valence-corrected chi connectivity index (χ0v) is 36.9. The molecule has 0 saturated carbocycles. The molecule has 0 heterocycles. The fourth-order valence-corrected chi connectivity index (χ4v) is 7.80. The Bertz CT molecular complexity index is 921. The Balaban J connectivity index is 3.83. The summed E-state index contributed by atoms with van der Waals surface area (Å²) < 4.78 is 5.95. The number of nitrogens with two attached hydrogens (primary N) is 2. The van der Waals surface area contributed by atoms with Crippen LogP contribution in [-0.4, -0.2) is 151 Å². The molecule has 0 aliphatic heterocycles. The van der Waals surface area contributed by atoms with Gasteiger partial charge in [-0.1, -0.05) is 56.0 Å². The van der Waals surface area contributed by atoms with Crippen molar-refractivity contribution in [2.24, 2.45) is 11.5 Å². The van der Waals surface area contributed by atoms with Gasteiger partial charge in [0.25, 0.3) is 0 Å². The number of nitrogens with one attached hydrogen (secondary N) is 8. The Morgan fingerprint density at radius 3 is 1.53 bits per heavy atom. The minimum absolute atomic E-state index is 0.0103. The van der Waals surface area contributed by atoms with Crippen LogP contribution in [0.15, 0.2) is 0 Å². The van der Waals surface area contributed by atoms with E-state index in [0.717, 1.165) is 129 Å². The Morgan fingerprint density at radius 2 is 0.964 bits per heavy atom. The maximum Gasteiger partial charge on any atom is 0.246 e. The number of hydrogen-bond donors (Lipinski definition) is 10. The molecule has 55 heavy (non-hydrogen) atoms. The van der Waals surface area contributed by atoms with Gasteiger partial charge in [0.1, 0.15) is 6.61 Å². The van der Waals surface area contributed by atoms with E-state index in [1.807, 2.05) is 6.26 Å². The highest BCUT2D eigenvalue weighted by Crippen LogP contribution is 2.20. The average Bonchev–Trinajstić information content (AvgIpc) is 3.18. The summed E-state index contributed by atoms with van der Waals surface area (Å²) in [5.74, 6) is 1.41. The zero-order valence-electron chi connectivity index (χ0n) is 33.6. The normalized spacial score (nSPS) is 11.7. The van der Waals surface area contributed by atoms with E-state index < -0.39 is 0 Å². The molecule has 324 valence electrons. The van der Waals surface area contributed by atoms with Crippen LogP contribution in [0.5, 0.6) is 0 Å². The van der Waals surface area contributed by atoms with Gasteiger partial charge in [0.05, 0.1) is 17.6 Å². The molecule has 4 amide bonds. The van der Waals surface area contributed by atoms with Crippen molar-refractivity contribution in [2.45, 2.75) is 83.2 Å². The highest BCUT2D eigenvalue weighted by Gasteiger charge is 2.12. The Hall–Kier alpha value is -1.00. The molecule has 0 spiro atoms. The molecule has 0 rings (SSSR count). The second kappa shape index (κ2) is 44.1. The van der Waals surface area contributed by atoms with E-state index in [9.17, 15) is 19.2 Å². The van der Waals surface area contributed by atoms with Gasteiger partial charge >= 0.3 is 0 Å². The molecule has 0 aromatic heterocycles. The summed E-state index contributed by atoms with van der Waals surface area (Å²) in [5.41, 5.74) is 11.1. The average molecular weight is 857 g/mol. The molecule has 0 aliphatic rings. The lowest BCUT2D eigenvalue weighted by Gasteiger charge is -2.19. The highest BCUT2D eigenvalue weighted by molar-refractivity contribution is 8.77. The molecule has 0 bridgehead atoms. The topological polar surface area (TPSA) is 226 Å². The third-order valence-electron chi connectivity index (χ3n) is 7.98. The predicted octanol–water partition coefficient (Wildman–Crippen LogP) is 1.19. The largest absolute Gasteiger partial charge is 0.367 e. The zero-order chi connectivity index (χ0) is 40.3. The van der Waals surface area contributed by atoms with E-state index in [1.165, 1.54) is 21.6 Å². The van der Waals surface area contributed by atoms with Crippen molar-refractivity contribution in [2.75, 3.05) is 122 Å². The van der Waals surface area contributed by atoms with Crippen LogP contribution in [0.1, 0.15) is 77.0 Å². The van der Waals surface area contributed by atoms with Crippen LogP contribution < -0.4 is 54.0 Å². The van der Waals surface area contributed by atoms with Crippen molar-refractivity contribution in [1.29, 1.82) is 0 Å². The van der Waals surface area contributed by atoms with Crippen molar-refractivity contribution >= 4 is 66.8 Å². The summed E-state index contributed by atoms with van der Waals surface area (Å²) >= 11 is 0. The predicted molar refractivity (Wildman–Crippen MR) is 238 cm³/mol. The standard InChI is InChI=1S/C36H76N10O5S4/c1-52-53-27-13-33(47)43-22-4-2-3-5-23-44-34(48)29-51-32(28-42-19-9-15-38)12-26-41-21-11-25-46-36(50)31-55-54-30-35(49)45-24-10-20-40-17-7-6-16-39-18-8-14-37/h32,39-42H,2-31,37-38H2,1H3,(H,43,47)(H,44,48)(H,45,49)(H,46,50). The van der Waals surface area contributed by atoms with Crippen molar-refractivity contribution in [3.8, 4) is 0 Å². The van der Waals surface area contributed by atoms with Crippen molar-refractivity contribution in [3.63, 3.8) is 0 Å². The lowest BCUT2D eigenvalue weighted by molar-refractivity contribution is -0.127. The van der Waals surface area contributed by atoms with Crippen LogP contribution in [-0.2, 0) is 23.9 Å². The lowest BCUT2D eigenvalue weighted by atomic mass is 10.2. The quantitative estimate of drug-likeness (QED) is 0.0307. The minimum Gasteiger partial charge on any atom is -0.367 e. The minimum atomic E-state index is -0.116. The Kier molecular flexibility index (Phi) is 43.3. The molecular formula is C36H76N10O5S4. The first-order valence-corrected chi connectivity index (χ1v) is 25.5. The molecule has 0 aliphatic carbocycles. The second-order valence-electron chi connectivity index (χ2n) is 13.0. The SMILES string of the molecule is CSSCCC(=O)NCCCCCCNC(=O)COC(CCNCCCNC(=O)CSSCC(=O)NCCCNCCCCNCCCN)CNCCCN. The van der Waals surface area contributed by atoms with E-state index in [0.29, 0.717) is 57.2 Å². The molecule has 0 aromatic carbocycles. The second-order valence-corrected chi connectivity index (χ2v) is 18.1. The van der Waals surface area contributed by atoms with Crippen LogP contribution in [0, 0.1) is 0 Å². The Labute approximate surface area is 348 Å². The lowest BCUT2D eigenvalue weighted by Crippen LogP contribution is -2.37. The summed E-state index contributed by atoms with van der Waals surface area (Å²) in [6, 6.07) is 0. The van der Waals surface area contributed by atoms with Crippen LogP contribution in [0.2, 0.25) is 0 Å². The van der Waals surface area contributed by atoms with Gasteiger partial charge < -0.3 is 58.7 Å². The smallest absolute Gasteiger partial charge is 0.246 e. The molecule has 19 heteroatoms. The van der Waals surface area contributed by atoms with Gasteiger partial charge in [-0.2, -0.15) is 0 Å². The Morgan fingerprint density at radius 1 is 0.509 bits per heavy atom. The number of unbranched alkanes of at least 4 members (excludes halogenated alkanes) is 4. The number of hydrogen-bond acceptors (Lipinski definition) is 15. The first-order chi connectivity index (χ1) is 26.9. The van der Waals surface area contributed by atoms with E-state index in [-0.39, 0.29) is 36.3 Å². The van der Waals surface area contributed by atoms with Gasteiger partial charge in [0, 0.05) is 44.9 Å². The van der Waals surface area contributed by atoms with Crippen LogP contribution in [0.25, 0.3) is 0 Å². The molecule has 12 N–H and O–H groups in total. The monoisotopic (exact) mass is 856 g/mol. The number of amides is 4. The number of ether oxygens (including phenoxy) is 1. The van der Waals surface area contributed by atoms with Gasteiger partial charge in [-0.15, -0.1) is 0 Å². The van der Waals surface area contributed by atoms with E-state index in [1.54, 1.807) is 21.6 Å². The molecule has 15 nitrogen and oxygen atoms in total. The summed E-state index contributed by atoms with van der Waals surface area (Å²) in [7, 11) is 6.16. The third-order valence-corrected chi connectivity index (χ3v) is 11.9. The van der Waals surface area contributed by atoms with Gasteiger partial charge in [-0.3, -0.25) is 19.2 Å². The number of carbonyl (C=O) groups excluding carboxylic acids is 4. The fraction of sp³-hybridized carbons (Fsp3) is 0.889. The van der Waals surface area contributed by atoms with Gasteiger partial charge in [-0.25, -0.2) is 0 Å². The first kappa shape index (κ1) is 54.0. The summed E-state index contributed by atoms with van der Waals surface area (Å²) in [4.78, 5) is 48.3. The summed E-state index contributed by atoms with van der Waals surface area (Å²) in [6.45, 7) is 10.7. The maximum atomic E-state index is 12.4. The molecule has 0 aromatic rings. The molecule has 0 saturated heterocycles. The number of carbonyl (C=O) groups is 4. The highest BCUT2D eigenvalue weighted by atomic mass is 33.1.